The number of pyridine rings is 1. The molecule has 2 aromatic rings. The maximum Gasteiger partial charge on any atom is 0.254 e. The summed E-state index contributed by atoms with van der Waals surface area (Å²) in [6.45, 7) is 2.90. The van der Waals surface area contributed by atoms with E-state index in [1.165, 1.54) is 6.20 Å². The summed E-state index contributed by atoms with van der Waals surface area (Å²) in [6.07, 6.45) is 2.99. The van der Waals surface area contributed by atoms with Gasteiger partial charge >= 0.3 is 0 Å². The lowest BCUT2D eigenvalue weighted by Gasteiger charge is -2.32. The average molecular weight is 373 g/mol. The molecule has 26 heavy (non-hydrogen) atoms. The molecule has 2 amide bonds. The predicted octanol–water partition coefficient (Wildman–Crippen LogP) is 3.12. The molecule has 1 fully saturated rings. The number of aryl methyl sites for hydroxylation is 1. The third-order valence-corrected chi connectivity index (χ3v) is 4.77. The number of amides is 2. The number of nitrogens with two attached hydrogens (primary N) is 1. The van der Waals surface area contributed by atoms with Crippen molar-refractivity contribution in [3.05, 3.63) is 52.7 Å². The average Bonchev–Trinajstić information content (AvgIpc) is 2.65. The van der Waals surface area contributed by atoms with E-state index in [2.05, 4.69) is 10.3 Å². The third-order valence-electron chi connectivity index (χ3n) is 4.55. The van der Waals surface area contributed by atoms with E-state index in [9.17, 15) is 9.59 Å². The number of hydrogen-bond acceptors (Lipinski definition) is 4. The number of halogens is 1. The van der Waals surface area contributed by atoms with E-state index in [4.69, 9.17) is 17.3 Å². The Morgan fingerprint density at radius 1 is 1.31 bits per heavy atom. The minimum Gasteiger partial charge on any atom is -0.399 e. The van der Waals surface area contributed by atoms with Gasteiger partial charge in [0.2, 0.25) is 5.91 Å². The summed E-state index contributed by atoms with van der Waals surface area (Å²) in [4.78, 5) is 31.2. The number of nitrogens with one attached hydrogen (secondary N) is 1. The molecule has 1 aromatic carbocycles. The molecule has 1 saturated heterocycles. The Labute approximate surface area is 157 Å². The summed E-state index contributed by atoms with van der Waals surface area (Å²) in [5.74, 6) is -0.0420. The Balaban J connectivity index is 1.68. The van der Waals surface area contributed by atoms with Crippen molar-refractivity contribution in [2.24, 2.45) is 5.92 Å². The first-order valence-corrected chi connectivity index (χ1v) is 8.89. The van der Waals surface area contributed by atoms with Gasteiger partial charge in [-0.2, -0.15) is 0 Å². The Kier molecular flexibility index (Phi) is 5.42. The number of benzene rings is 1. The van der Waals surface area contributed by atoms with Crippen molar-refractivity contribution in [3.8, 4) is 0 Å². The van der Waals surface area contributed by atoms with E-state index in [0.717, 1.165) is 18.4 Å². The predicted molar refractivity (Wildman–Crippen MR) is 102 cm³/mol. The molecule has 2 heterocycles. The second-order valence-electron chi connectivity index (χ2n) is 6.52. The van der Waals surface area contributed by atoms with Gasteiger partial charge in [0, 0.05) is 30.5 Å². The summed E-state index contributed by atoms with van der Waals surface area (Å²) >= 11 is 5.80. The molecular formula is C19H21ClN4O2. The standard InChI is InChI=1S/C19H21ClN4O2/c1-12-4-6-15(21)9-16(12)19(26)24-8-2-3-13(11-24)18(25)23-17-7-5-14(20)10-22-17/h4-7,9-10,13H,2-3,8,11,21H2,1H3,(H,22,23,25). The summed E-state index contributed by atoms with van der Waals surface area (Å²) in [5, 5.41) is 3.30. The SMILES string of the molecule is Cc1ccc(N)cc1C(=O)N1CCCC(C(=O)Nc2ccc(Cl)cn2)C1. The van der Waals surface area contributed by atoms with Crippen LogP contribution in [0.4, 0.5) is 11.5 Å². The van der Waals surface area contributed by atoms with Gasteiger partial charge in [0.15, 0.2) is 0 Å². The molecule has 0 bridgehead atoms. The van der Waals surface area contributed by atoms with E-state index in [-0.39, 0.29) is 17.7 Å². The molecule has 1 unspecified atom stereocenters. The Morgan fingerprint density at radius 2 is 2.12 bits per heavy atom. The minimum atomic E-state index is -0.272. The normalized spacial score (nSPS) is 17.0. The summed E-state index contributed by atoms with van der Waals surface area (Å²) in [5.41, 5.74) is 7.83. The maximum absolute atomic E-state index is 12.8. The van der Waals surface area contributed by atoms with Gasteiger partial charge in [0.25, 0.3) is 5.91 Å². The first-order valence-electron chi connectivity index (χ1n) is 8.52. The van der Waals surface area contributed by atoms with Crippen molar-refractivity contribution in [2.45, 2.75) is 19.8 Å². The molecule has 6 nitrogen and oxygen atoms in total. The number of nitrogens with zero attached hydrogens (tertiary/aromatic N) is 2. The zero-order valence-electron chi connectivity index (χ0n) is 14.5. The van der Waals surface area contributed by atoms with Crippen molar-refractivity contribution in [1.82, 2.24) is 9.88 Å². The largest absolute Gasteiger partial charge is 0.399 e. The molecule has 1 aliphatic rings. The van der Waals surface area contributed by atoms with Crippen LogP contribution >= 0.6 is 11.6 Å². The molecule has 0 aliphatic carbocycles. The number of carbonyl (C=O) groups is 2. The van der Waals surface area contributed by atoms with Gasteiger partial charge in [-0.3, -0.25) is 9.59 Å². The fourth-order valence-electron chi connectivity index (χ4n) is 3.09. The summed E-state index contributed by atoms with van der Waals surface area (Å²) < 4.78 is 0. The van der Waals surface area contributed by atoms with Gasteiger partial charge in [-0.05, 0) is 49.6 Å². The topological polar surface area (TPSA) is 88.3 Å². The van der Waals surface area contributed by atoms with E-state index in [1.807, 2.05) is 13.0 Å². The van der Waals surface area contributed by atoms with Crippen LogP contribution in [0.25, 0.3) is 0 Å². The van der Waals surface area contributed by atoms with E-state index in [0.29, 0.717) is 35.2 Å². The van der Waals surface area contributed by atoms with Crippen LogP contribution in [0.2, 0.25) is 5.02 Å². The third kappa shape index (κ3) is 4.14. The van der Waals surface area contributed by atoms with Gasteiger partial charge in [-0.15, -0.1) is 0 Å². The zero-order chi connectivity index (χ0) is 18.7. The number of carbonyl (C=O) groups excluding carboxylic acids is 2. The van der Waals surface area contributed by atoms with Gasteiger partial charge in [-0.25, -0.2) is 4.98 Å². The molecule has 3 rings (SSSR count). The van der Waals surface area contributed by atoms with Crippen molar-refractivity contribution in [3.63, 3.8) is 0 Å². The lowest BCUT2D eigenvalue weighted by atomic mass is 9.96. The van der Waals surface area contributed by atoms with Crippen molar-refractivity contribution < 1.29 is 9.59 Å². The number of anilines is 2. The quantitative estimate of drug-likeness (QED) is 0.810. The van der Waals surface area contributed by atoms with Crippen LogP contribution < -0.4 is 11.1 Å². The molecule has 1 aliphatic heterocycles. The fraction of sp³-hybridized carbons (Fsp3) is 0.316. The van der Waals surface area contributed by atoms with E-state index >= 15 is 0 Å². The molecule has 0 saturated carbocycles. The fourth-order valence-corrected chi connectivity index (χ4v) is 3.21. The Bertz CT molecular complexity index is 823. The second-order valence-corrected chi connectivity index (χ2v) is 6.95. The molecule has 0 radical (unpaired) electrons. The van der Waals surface area contributed by atoms with Crippen LogP contribution in [0.5, 0.6) is 0 Å². The summed E-state index contributed by atoms with van der Waals surface area (Å²) in [6, 6.07) is 8.63. The monoisotopic (exact) mass is 372 g/mol. The van der Waals surface area contributed by atoms with Crippen molar-refractivity contribution in [1.29, 1.82) is 0 Å². The lowest BCUT2D eigenvalue weighted by molar-refractivity contribution is -0.121. The highest BCUT2D eigenvalue weighted by Gasteiger charge is 2.29. The number of likely N-dealkylation sites (tertiary alicyclic amines) is 1. The van der Waals surface area contributed by atoms with Crippen molar-refractivity contribution >= 4 is 34.9 Å². The lowest BCUT2D eigenvalue weighted by Crippen LogP contribution is -2.44. The smallest absolute Gasteiger partial charge is 0.254 e. The highest BCUT2D eigenvalue weighted by atomic mass is 35.5. The number of hydrogen-bond donors (Lipinski definition) is 2. The van der Waals surface area contributed by atoms with Crippen LogP contribution in [-0.4, -0.2) is 34.8 Å². The summed E-state index contributed by atoms with van der Waals surface area (Å²) in [7, 11) is 0. The maximum atomic E-state index is 12.8. The zero-order valence-corrected chi connectivity index (χ0v) is 15.3. The number of nitrogen functional groups attached to an aromatic ring is 1. The van der Waals surface area contributed by atoms with Gasteiger partial charge < -0.3 is 16.0 Å². The molecule has 1 aromatic heterocycles. The first-order chi connectivity index (χ1) is 12.4. The Hall–Kier alpha value is -2.60. The second kappa shape index (κ2) is 7.74. The van der Waals surface area contributed by atoms with Gasteiger partial charge in [-0.1, -0.05) is 17.7 Å². The highest BCUT2D eigenvalue weighted by molar-refractivity contribution is 6.30. The Morgan fingerprint density at radius 3 is 2.85 bits per heavy atom. The van der Waals surface area contributed by atoms with Crippen LogP contribution in [0.1, 0.15) is 28.8 Å². The van der Waals surface area contributed by atoms with Crippen LogP contribution in [0.15, 0.2) is 36.5 Å². The molecule has 136 valence electrons. The van der Waals surface area contributed by atoms with Crippen LogP contribution in [0.3, 0.4) is 0 Å². The van der Waals surface area contributed by atoms with Gasteiger partial charge in [0.1, 0.15) is 5.82 Å². The number of aromatic nitrogens is 1. The van der Waals surface area contributed by atoms with Crippen molar-refractivity contribution in [2.75, 3.05) is 24.1 Å². The minimum absolute atomic E-state index is 0.0862. The van der Waals surface area contributed by atoms with Crippen LogP contribution in [0, 0.1) is 12.8 Å². The first kappa shape index (κ1) is 18.2. The van der Waals surface area contributed by atoms with E-state index < -0.39 is 0 Å². The molecule has 7 heteroatoms. The van der Waals surface area contributed by atoms with Gasteiger partial charge in [0.05, 0.1) is 10.9 Å². The number of piperidine rings is 1. The molecular weight excluding hydrogens is 352 g/mol. The number of rotatable bonds is 3. The molecule has 3 N–H and O–H groups in total. The molecule has 1 atom stereocenters. The highest BCUT2D eigenvalue weighted by Crippen LogP contribution is 2.22. The van der Waals surface area contributed by atoms with Crippen LogP contribution in [-0.2, 0) is 4.79 Å². The molecule has 0 spiro atoms. The van der Waals surface area contributed by atoms with E-state index in [1.54, 1.807) is 29.2 Å².